The monoisotopic (exact) mass is 253 g/mol. The van der Waals surface area contributed by atoms with E-state index in [1.54, 1.807) is 6.07 Å². The second-order valence-electron chi connectivity index (χ2n) is 5.91. The van der Waals surface area contributed by atoms with E-state index in [2.05, 4.69) is 44.1 Å². The molecule has 0 fully saturated rings. The number of rotatable bonds is 0. The first-order valence-corrected chi connectivity index (χ1v) is 6.76. The Balaban J connectivity index is 2.49. The maximum absolute atomic E-state index is 10.1. The fraction of sp³-hybridized carbons (Fsp3) is 0.353. The quantitative estimate of drug-likeness (QED) is 0.762. The average molecular weight is 253 g/mol. The molecule has 0 radical (unpaired) electrons. The molecule has 1 N–H and O–H groups in total. The first-order valence-electron chi connectivity index (χ1n) is 6.76. The van der Waals surface area contributed by atoms with Gasteiger partial charge in [-0.2, -0.15) is 0 Å². The standard InChI is InChI=1S/C17H19NO/c1-11-12-7-8-18-10-17(2,3)16(11)13-5-4-6-15(19)14(13)9-12/h4-6,9-10,19H,7-8H2,1-3H3. The van der Waals surface area contributed by atoms with E-state index in [0.29, 0.717) is 5.75 Å². The van der Waals surface area contributed by atoms with Crippen molar-refractivity contribution in [2.45, 2.75) is 32.6 Å². The molecule has 19 heavy (non-hydrogen) atoms. The molecule has 0 aliphatic carbocycles. The van der Waals surface area contributed by atoms with Crippen LogP contribution < -0.4 is 0 Å². The SMILES string of the molecule is Cc1c2cc3c(O)cccc3c1C(C)(C)C=NCC2. The van der Waals surface area contributed by atoms with Crippen LogP contribution in [0.15, 0.2) is 29.3 Å². The summed E-state index contributed by atoms with van der Waals surface area (Å²) in [5, 5.41) is 12.2. The molecule has 2 aromatic carbocycles. The zero-order valence-electron chi connectivity index (χ0n) is 11.7. The predicted molar refractivity (Wildman–Crippen MR) is 80.4 cm³/mol. The van der Waals surface area contributed by atoms with E-state index >= 15 is 0 Å². The van der Waals surface area contributed by atoms with Gasteiger partial charge in [-0.25, -0.2) is 0 Å². The van der Waals surface area contributed by atoms with Crippen molar-refractivity contribution in [3.05, 3.63) is 41.0 Å². The lowest BCUT2D eigenvalue weighted by Crippen LogP contribution is -2.23. The molecule has 0 aromatic heterocycles. The van der Waals surface area contributed by atoms with Crippen LogP contribution in [0.3, 0.4) is 0 Å². The minimum absolute atomic E-state index is 0.105. The zero-order chi connectivity index (χ0) is 13.6. The summed E-state index contributed by atoms with van der Waals surface area (Å²) in [6.45, 7) is 7.40. The highest BCUT2D eigenvalue weighted by atomic mass is 16.3. The number of hydrogen-bond donors (Lipinski definition) is 1. The van der Waals surface area contributed by atoms with Crippen LogP contribution in [0.1, 0.15) is 30.5 Å². The van der Waals surface area contributed by atoms with Crippen molar-refractivity contribution in [1.29, 1.82) is 0 Å². The Morgan fingerprint density at radius 3 is 2.79 bits per heavy atom. The Bertz CT molecular complexity index is 683. The number of hydrogen-bond acceptors (Lipinski definition) is 2. The molecule has 3 rings (SSSR count). The minimum atomic E-state index is -0.105. The predicted octanol–water partition coefficient (Wildman–Crippen LogP) is 3.76. The zero-order valence-corrected chi connectivity index (χ0v) is 11.7. The lowest BCUT2D eigenvalue weighted by atomic mass is 9.77. The fourth-order valence-corrected chi connectivity index (χ4v) is 3.20. The molecule has 1 aliphatic rings. The smallest absolute Gasteiger partial charge is 0.123 e. The van der Waals surface area contributed by atoms with Gasteiger partial charge in [0.05, 0.1) is 0 Å². The molecule has 1 aliphatic heterocycles. The van der Waals surface area contributed by atoms with Gasteiger partial charge in [0.1, 0.15) is 5.75 Å². The van der Waals surface area contributed by atoms with Crippen LogP contribution in [0.2, 0.25) is 0 Å². The van der Waals surface area contributed by atoms with Gasteiger partial charge < -0.3 is 5.11 Å². The number of phenols is 1. The Morgan fingerprint density at radius 2 is 2.00 bits per heavy atom. The van der Waals surface area contributed by atoms with E-state index in [1.165, 1.54) is 16.7 Å². The number of aliphatic imine (C=N–C) groups is 1. The molecular formula is C17H19NO. The highest BCUT2D eigenvalue weighted by molar-refractivity contribution is 5.96. The van der Waals surface area contributed by atoms with E-state index in [9.17, 15) is 5.11 Å². The molecule has 2 heteroatoms. The van der Waals surface area contributed by atoms with E-state index in [1.807, 2.05) is 6.07 Å². The van der Waals surface area contributed by atoms with E-state index in [0.717, 1.165) is 23.7 Å². The maximum atomic E-state index is 10.1. The van der Waals surface area contributed by atoms with Crippen LogP contribution in [0, 0.1) is 6.92 Å². The van der Waals surface area contributed by atoms with Gasteiger partial charge >= 0.3 is 0 Å². The van der Waals surface area contributed by atoms with Crippen LogP contribution in [0.5, 0.6) is 5.75 Å². The summed E-state index contributed by atoms with van der Waals surface area (Å²) in [4.78, 5) is 4.53. The summed E-state index contributed by atoms with van der Waals surface area (Å²) in [5.41, 5.74) is 3.83. The van der Waals surface area contributed by atoms with E-state index in [4.69, 9.17) is 0 Å². The first kappa shape index (κ1) is 12.2. The highest BCUT2D eigenvalue weighted by Gasteiger charge is 2.26. The maximum Gasteiger partial charge on any atom is 0.123 e. The van der Waals surface area contributed by atoms with Gasteiger partial charge in [0.2, 0.25) is 0 Å². The van der Waals surface area contributed by atoms with Gasteiger partial charge in [0.25, 0.3) is 0 Å². The van der Waals surface area contributed by atoms with Gasteiger partial charge in [-0.1, -0.05) is 26.0 Å². The molecule has 0 saturated carbocycles. The minimum Gasteiger partial charge on any atom is -0.507 e. The molecule has 2 nitrogen and oxygen atoms in total. The van der Waals surface area contributed by atoms with Crippen LogP contribution in [0.4, 0.5) is 0 Å². The number of benzene rings is 2. The van der Waals surface area contributed by atoms with Gasteiger partial charge in [0.15, 0.2) is 0 Å². The van der Waals surface area contributed by atoms with Crippen molar-refractivity contribution >= 4 is 17.0 Å². The van der Waals surface area contributed by atoms with Crippen molar-refractivity contribution in [1.82, 2.24) is 0 Å². The Hall–Kier alpha value is -1.83. The highest BCUT2D eigenvalue weighted by Crippen LogP contribution is 2.38. The van der Waals surface area contributed by atoms with Crippen molar-refractivity contribution in [3.8, 4) is 5.75 Å². The number of phenolic OH excluding ortho intramolecular Hbond substituents is 1. The summed E-state index contributed by atoms with van der Waals surface area (Å²) in [6.07, 6.45) is 3.00. The lowest BCUT2D eigenvalue weighted by Gasteiger charge is -2.28. The van der Waals surface area contributed by atoms with E-state index in [-0.39, 0.29) is 5.41 Å². The van der Waals surface area contributed by atoms with Crippen LogP contribution in [-0.2, 0) is 11.8 Å². The third-order valence-corrected chi connectivity index (χ3v) is 4.10. The lowest BCUT2D eigenvalue weighted by molar-refractivity contribution is 0.481. The summed E-state index contributed by atoms with van der Waals surface area (Å²) in [5.74, 6) is 0.369. The van der Waals surface area contributed by atoms with E-state index < -0.39 is 0 Å². The number of nitrogens with zero attached hydrogens (tertiary/aromatic N) is 1. The van der Waals surface area contributed by atoms with Gasteiger partial charge in [-0.05, 0) is 47.6 Å². The Labute approximate surface area is 113 Å². The first-order chi connectivity index (χ1) is 9.00. The summed E-state index contributed by atoms with van der Waals surface area (Å²) in [7, 11) is 0. The molecular weight excluding hydrogens is 234 g/mol. The van der Waals surface area contributed by atoms with Crippen LogP contribution in [-0.4, -0.2) is 17.9 Å². The van der Waals surface area contributed by atoms with Crippen molar-refractivity contribution in [3.63, 3.8) is 0 Å². The Kier molecular flexibility index (Phi) is 2.63. The molecule has 0 saturated heterocycles. The van der Waals surface area contributed by atoms with Crippen molar-refractivity contribution in [2.24, 2.45) is 4.99 Å². The van der Waals surface area contributed by atoms with Crippen molar-refractivity contribution in [2.75, 3.05) is 6.54 Å². The molecule has 2 bridgehead atoms. The normalized spacial score (nSPS) is 17.2. The summed E-state index contributed by atoms with van der Waals surface area (Å²) in [6, 6.07) is 7.90. The third kappa shape index (κ3) is 1.83. The number of aromatic hydroxyl groups is 1. The largest absolute Gasteiger partial charge is 0.507 e. The van der Waals surface area contributed by atoms with Crippen LogP contribution in [0.25, 0.3) is 10.8 Å². The molecule has 0 unspecified atom stereocenters. The van der Waals surface area contributed by atoms with Crippen LogP contribution >= 0.6 is 0 Å². The summed E-state index contributed by atoms with van der Waals surface area (Å²) >= 11 is 0. The number of fused-ring (bicyclic) bond motifs is 4. The van der Waals surface area contributed by atoms with Crippen molar-refractivity contribution < 1.29 is 5.11 Å². The Morgan fingerprint density at radius 1 is 1.21 bits per heavy atom. The summed E-state index contributed by atoms with van der Waals surface area (Å²) < 4.78 is 0. The van der Waals surface area contributed by atoms with Gasteiger partial charge in [-0.15, -0.1) is 0 Å². The molecule has 2 aromatic rings. The molecule has 0 atom stereocenters. The second-order valence-corrected chi connectivity index (χ2v) is 5.91. The average Bonchev–Trinajstić information content (AvgIpc) is 2.35. The topological polar surface area (TPSA) is 32.6 Å². The molecule has 1 heterocycles. The molecule has 0 spiro atoms. The fourth-order valence-electron chi connectivity index (χ4n) is 3.20. The second kappa shape index (κ2) is 4.09. The molecule has 0 amide bonds. The van der Waals surface area contributed by atoms with Gasteiger partial charge in [0, 0.05) is 23.6 Å². The third-order valence-electron chi connectivity index (χ3n) is 4.10. The molecule has 98 valence electrons. The van der Waals surface area contributed by atoms with Gasteiger partial charge in [-0.3, -0.25) is 4.99 Å².